The molecule has 76 heavy (non-hydrogen) atoms. The van der Waals surface area contributed by atoms with Gasteiger partial charge in [0.05, 0.1) is 49.8 Å². The molecule has 0 aliphatic heterocycles. The molecule has 360 valence electrons. The van der Waals surface area contributed by atoms with Gasteiger partial charge in [-0.25, -0.2) is 9.97 Å². The van der Waals surface area contributed by atoms with Crippen molar-refractivity contribution in [3.8, 4) is 11.4 Å². The first-order valence-electron chi connectivity index (χ1n) is 25.8. The van der Waals surface area contributed by atoms with Crippen LogP contribution >= 0.6 is 10.0 Å². The van der Waals surface area contributed by atoms with E-state index in [4.69, 9.17) is 9.97 Å². The van der Waals surface area contributed by atoms with Crippen molar-refractivity contribution in [2.24, 2.45) is 0 Å². The van der Waals surface area contributed by atoms with Gasteiger partial charge in [0.2, 0.25) is 11.6 Å². The molecule has 15 rings (SSSR count). The molecular formula is C68H48N6SSi. The Labute approximate surface area is 442 Å². The van der Waals surface area contributed by atoms with Crippen LogP contribution in [0, 0.1) is 0 Å². The van der Waals surface area contributed by atoms with Crippen LogP contribution in [-0.4, -0.2) is 36.0 Å². The van der Waals surface area contributed by atoms with E-state index in [1.807, 2.05) is 0 Å². The molecule has 0 aliphatic carbocycles. The van der Waals surface area contributed by atoms with E-state index in [1.165, 1.54) is 40.3 Å². The first-order valence-corrected chi connectivity index (χ1v) is 29.4. The van der Waals surface area contributed by atoms with Crippen molar-refractivity contribution < 1.29 is 0 Å². The summed E-state index contributed by atoms with van der Waals surface area (Å²) in [6.45, 7) is 0. The highest BCUT2D eigenvalue weighted by atomic mass is 32.3. The quantitative estimate of drug-likeness (QED) is 0.101. The standard InChI is InChI=1S/C68H48N6SSi/c1-5-26-51(27-6-1)75(52-28-7-2-8-29-52,53-30-21-24-49(46-53)71-63-42-17-19-44-65(63)73-61-40-15-13-38-59(61)69-67(71)73)54-31-23-37-58(48-54)76(55-32-9-3-10-33-55,56-34-11-4-12-35-56)57-36-22-25-50(47-57)72-64-43-18-20-45-66(64)74-62-41-16-14-39-60(62)70-68(72)74/h1-48H. The van der Waals surface area contributed by atoms with Crippen LogP contribution in [0.4, 0.5) is 0 Å². The number of benzene rings is 11. The van der Waals surface area contributed by atoms with Crippen LogP contribution in [-0.2, 0) is 0 Å². The summed E-state index contributed by atoms with van der Waals surface area (Å²) in [5, 5.41) is 5.20. The van der Waals surface area contributed by atoms with Crippen LogP contribution in [0.3, 0.4) is 0 Å². The number of rotatable bonds is 10. The largest absolute Gasteiger partial charge is 0.278 e. The van der Waals surface area contributed by atoms with Crippen LogP contribution in [0.25, 0.3) is 67.1 Å². The van der Waals surface area contributed by atoms with Crippen LogP contribution < -0.4 is 20.7 Å². The average Bonchev–Trinajstić information content (AvgIpc) is 4.34. The molecule has 0 aliphatic rings. The Morgan fingerprint density at radius 1 is 0.263 bits per heavy atom. The third-order valence-corrected chi connectivity index (χ3v) is 24.0. The lowest BCUT2D eigenvalue weighted by Gasteiger charge is -2.43. The van der Waals surface area contributed by atoms with Crippen LogP contribution in [0.2, 0.25) is 0 Å². The Morgan fingerprint density at radius 3 is 1.11 bits per heavy atom. The van der Waals surface area contributed by atoms with Gasteiger partial charge in [0, 0.05) is 25.3 Å². The fourth-order valence-corrected chi connectivity index (χ4v) is 21.1. The summed E-state index contributed by atoms with van der Waals surface area (Å²) in [7, 11) is -5.42. The molecule has 6 nitrogen and oxygen atoms in total. The van der Waals surface area contributed by atoms with E-state index in [9.17, 15) is 0 Å². The van der Waals surface area contributed by atoms with Crippen LogP contribution in [0.1, 0.15) is 0 Å². The zero-order chi connectivity index (χ0) is 50.2. The molecule has 4 heterocycles. The Balaban J connectivity index is 1.01. The van der Waals surface area contributed by atoms with Crippen molar-refractivity contribution in [3.05, 3.63) is 291 Å². The number of fused-ring (bicyclic) bond motifs is 10. The zero-order valence-electron chi connectivity index (χ0n) is 41.3. The molecule has 0 N–H and O–H groups in total. The minimum Gasteiger partial charge on any atom is -0.278 e. The first-order chi connectivity index (χ1) is 37.7. The third kappa shape index (κ3) is 6.48. The van der Waals surface area contributed by atoms with Crippen molar-refractivity contribution in [3.63, 3.8) is 0 Å². The number of hydrogen-bond donors (Lipinski definition) is 0. The lowest BCUT2D eigenvalue weighted by molar-refractivity contribution is 1.09. The summed E-state index contributed by atoms with van der Waals surface area (Å²) in [6, 6.07) is 108. The minimum absolute atomic E-state index is 0.889. The van der Waals surface area contributed by atoms with Crippen LogP contribution in [0.15, 0.2) is 311 Å². The number of nitrogens with zero attached hydrogens (tertiary/aromatic N) is 6. The van der Waals surface area contributed by atoms with Gasteiger partial charge in [-0.1, -0.05) is 176 Å². The van der Waals surface area contributed by atoms with Gasteiger partial charge in [-0.2, -0.15) is 0 Å². The maximum atomic E-state index is 5.32. The fourth-order valence-electron chi connectivity index (χ4n) is 12.3. The zero-order valence-corrected chi connectivity index (χ0v) is 43.1. The third-order valence-electron chi connectivity index (χ3n) is 15.4. The molecule has 11 aromatic carbocycles. The summed E-state index contributed by atoms with van der Waals surface area (Å²) in [6.07, 6.45) is 0. The summed E-state index contributed by atoms with van der Waals surface area (Å²) in [4.78, 5) is 15.6. The van der Waals surface area contributed by atoms with Gasteiger partial charge in [0.15, 0.2) is 8.07 Å². The SMILES string of the molecule is c1ccc([Si](c2ccccc2)(c2cccc(-n3c4ccccc4n4c5ccccc5nc34)c2)c2cccc(S(c3ccccc3)(c3ccccc3)c3cccc(-n4c5ccccc5n5c6ccccc6nc45)c3)c2)cc1. The van der Waals surface area contributed by atoms with E-state index in [1.54, 1.807) is 0 Å². The van der Waals surface area contributed by atoms with Gasteiger partial charge < -0.3 is 0 Å². The number of para-hydroxylation sites is 8. The Kier molecular flexibility index (Phi) is 10.2. The summed E-state index contributed by atoms with van der Waals surface area (Å²) < 4.78 is 9.31. The Morgan fingerprint density at radius 2 is 0.605 bits per heavy atom. The summed E-state index contributed by atoms with van der Waals surface area (Å²) in [5.74, 6) is 1.78. The van der Waals surface area contributed by atoms with Gasteiger partial charge >= 0.3 is 0 Å². The van der Waals surface area contributed by atoms with Gasteiger partial charge in [-0.15, -0.1) is 10.0 Å². The van der Waals surface area contributed by atoms with Crippen molar-refractivity contribution in [2.45, 2.75) is 19.6 Å². The molecule has 4 aromatic heterocycles. The molecule has 0 bridgehead atoms. The molecule has 15 aromatic rings. The van der Waals surface area contributed by atoms with Gasteiger partial charge in [-0.05, 0) is 136 Å². The van der Waals surface area contributed by atoms with Crippen molar-refractivity contribution in [1.82, 2.24) is 27.9 Å². The number of aromatic nitrogens is 6. The topological polar surface area (TPSA) is 44.5 Å². The van der Waals surface area contributed by atoms with E-state index < -0.39 is 18.1 Å². The number of imidazole rings is 4. The molecule has 0 spiro atoms. The molecule has 8 heteroatoms. The summed E-state index contributed by atoms with van der Waals surface area (Å²) in [5.41, 5.74) is 10.7. The first kappa shape index (κ1) is 44.1. The molecule has 0 radical (unpaired) electrons. The van der Waals surface area contributed by atoms with Gasteiger partial charge in [0.1, 0.15) is 0 Å². The maximum absolute atomic E-state index is 5.32. The van der Waals surface area contributed by atoms with Crippen molar-refractivity contribution in [2.75, 3.05) is 0 Å². The van der Waals surface area contributed by atoms with E-state index >= 15 is 0 Å². The predicted octanol–water partition coefficient (Wildman–Crippen LogP) is 13.9. The molecule has 0 amide bonds. The Hall–Kier alpha value is -9.47. The highest BCUT2D eigenvalue weighted by molar-refractivity contribution is 8.34. The smallest absolute Gasteiger partial charge is 0.220 e. The van der Waals surface area contributed by atoms with Crippen LogP contribution in [0.5, 0.6) is 0 Å². The fraction of sp³-hybridized carbons (Fsp3) is 0. The van der Waals surface area contributed by atoms with E-state index in [-0.39, 0.29) is 0 Å². The molecule has 0 fully saturated rings. The second-order valence-electron chi connectivity index (χ2n) is 19.4. The van der Waals surface area contributed by atoms with Gasteiger partial charge in [0.25, 0.3) is 0 Å². The average molecular weight is 1010 g/mol. The Bertz CT molecular complexity index is 4280. The van der Waals surface area contributed by atoms with E-state index in [2.05, 4.69) is 309 Å². The highest BCUT2D eigenvalue weighted by Gasteiger charge is 2.43. The molecule has 0 saturated carbocycles. The molecule has 0 atom stereocenters. The lowest BCUT2D eigenvalue weighted by atomic mass is 10.2. The van der Waals surface area contributed by atoms with Crippen molar-refractivity contribution in [1.29, 1.82) is 0 Å². The summed E-state index contributed by atoms with van der Waals surface area (Å²) >= 11 is 0. The molecule has 0 unspecified atom stereocenters. The highest BCUT2D eigenvalue weighted by Crippen LogP contribution is 2.73. The van der Waals surface area contributed by atoms with E-state index in [0.717, 1.165) is 67.1 Å². The molecule has 0 saturated heterocycles. The van der Waals surface area contributed by atoms with Gasteiger partial charge in [-0.3, -0.25) is 17.9 Å². The second kappa shape index (κ2) is 17.6. The monoisotopic (exact) mass is 1010 g/mol. The predicted molar refractivity (Wildman–Crippen MR) is 316 cm³/mol. The lowest BCUT2D eigenvalue weighted by Crippen LogP contribution is -2.74. The second-order valence-corrected chi connectivity index (χ2v) is 26.3. The van der Waals surface area contributed by atoms with E-state index in [0.29, 0.717) is 0 Å². The van der Waals surface area contributed by atoms with Crippen molar-refractivity contribution >= 4 is 94.5 Å². The maximum Gasteiger partial charge on any atom is 0.220 e. The minimum atomic E-state index is -3.20. The normalized spacial score (nSPS) is 12.4. The molecular weight excluding hydrogens is 961 g/mol. The number of hydrogen-bond acceptors (Lipinski definition) is 2.